The van der Waals surface area contributed by atoms with Crippen LogP contribution >= 0.6 is 0 Å². The van der Waals surface area contributed by atoms with Crippen molar-refractivity contribution in [2.75, 3.05) is 6.54 Å². The third-order valence-electron chi connectivity index (χ3n) is 7.88. The predicted octanol–water partition coefficient (Wildman–Crippen LogP) is 2.48. The minimum absolute atomic E-state index is 0.0634. The van der Waals surface area contributed by atoms with Crippen molar-refractivity contribution < 1.29 is 27.9 Å². The van der Waals surface area contributed by atoms with Crippen LogP contribution in [-0.4, -0.2) is 71.9 Å². The van der Waals surface area contributed by atoms with Crippen molar-refractivity contribution in [3.05, 3.63) is 29.8 Å². The zero-order valence-corrected chi connectivity index (χ0v) is 19.9. The van der Waals surface area contributed by atoms with E-state index in [1.54, 1.807) is 11.0 Å². The largest absolute Gasteiger partial charge is 0.417 e. The van der Waals surface area contributed by atoms with Gasteiger partial charge in [0.2, 0.25) is 5.91 Å². The smallest absolute Gasteiger partial charge is 0.380 e. The van der Waals surface area contributed by atoms with Crippen molar-refractivity contribution in [3.63, 3.8) is 0 Å². The molecule has 1 aliphatic heterocycles. The summed E-state index contributed by atoms with van der Waals surface area (Å²) in [5, 5.41) is 28.7. The van der Waals surface area contributed by atoms with Gasteiger partial charge in [0, 0.05) is 30.1 Å². The Balaban J connectivity index is 1.19. The van der Waals surface area contributed by atoms with Crippen LogP contribution in [0.3, 0.4) is 0 Å². The van der Waals surface area contributed by atoms with Crippen LogP contribution in [0.25, 0.3) is 11.4 Å². The lowest BCUT2D eigenvalue weighted by Gasteiger charge is -2.41. The molecule has 196 valence electrons. The maximum absolute atomic E-state index is 13.3. The minimum Gasteiger partial charge on any atom is -0.380 e. The van der Waals surface area contributed by atoms with Crippen LogP contribution in [-0.2, 0) is 4.79 Å². The Hall–Kier alpha value is -3.53. The van der Waals surface area contributed by atoms with E-state index >= 15 is 0 Å². The second-order valence-corrected chi connectivity index (χ2v) is 10.3. The molecule has 2 aliphatic carbocycles. The maximum Gasteiger partial charge on any atom is 0.417 e. The molecule has 3 N–H and O–H groups in total. The van der Waals surface area contributed by atoms with Crippen LogP contribution < -0.4 is 5.32 Å². The van der Waals surface area contributed by atoms with Crippen LogP contribution in [0.5, 0.6) is 0 Å². The standard InChI is InChI=1S/C24H26F3N7O3/c25-24(26,27)23(37)4-1-15(2-5-23)31-20(35)14-3-8-34(22(11-14)6-7-22)21(36)19-10-18(32-33-19)17-9-16(12-28)29-13-30-17/h9-10,13-15,37H,1-8,11H2,(H,31,35)(H,32,33)/t14-,15-,23-/m0/s1. The van der Waals surface area contributed by atoms with Crippen molar-refractivity contribution in [1.29, 1.82) is 5.26 Å². The molecular weight excluding hydrogens is 491 g/mol. The Labute approximate surface area is 210 Å². The zero-order valence-electron chi connectivity index (χ0n) is 19.9. The number of amides is 2. The van der Waals surface area contributed by atoms with Crippen molar-refractivity contribution in [3.8, 4) is 17.5 Å². The molecule has 5 rings (SSSR count). The number of piperidine rings is 1. The average Bonchev–Trinajstić information content (AvgIpc) is 3.45. The SMILES string of the molecule is N#Cc1cc(-c2cc(C(=O)N3CC[C@H](C(=O)N[C@H]4CC[C@@](O)(C(F)(F)F)CC4)CC34CC4)n[nH]2)ncn1. The molecule has 3 fully saturated rings. The van der Waals surface area contributed by atoms with Crippen LogP contribution in [0.4, 0.5) is 13.2 Å². The molecule has 1 spiro atoms. The highest BCUT2D eigenvalue weighted by Gasteiger charge is 2.56. The molecule has 2 amide bonds. The average molecular weight is 518 g/mol. The van der Waals surface area contributed by atoms with Crippen LogP contribution in [0, 0.1) is 17.2 Å². The van der Waals surface area contributed by atoms with Gasteiger partial charge in [0.25, 0.3) is 5.91 Å². The Morgan fingerprint density at radius 2 is 1.89 bits per heavy atom. The Bertz CT molecular complexity index is 1240. The number of nitrogens with one attached hydrogen (secondary N) is 2. The van der Waals surface area contributed by atoms with E-state index in [-0.39, 0.29) is 42.0 Å². The second-order valence-electron chi connectivity index (χ2n) is 10.3. The quantitative estimate of drug-likeness (QED) is 0.564. The highest BCUT2D eigenvalue weighted by atomic mass is 19.4. The number of aromatic nitrogens is 4. The number of aromatic amines is 1. The monoisotopic (exact) mass is 517 g/mol. The first-order valence-corrected chi connectivity index (χ1v) is 12.2. The van der Waals surface area contributed by atoms with E-state index in [2.05, 4.69) is 25.5 Å². The van der Waals surface area contributed by atoms with Gasteiger partial charge in [-0.15, -0.1) is 0 Å². The molecule has 1 saturated heterocycles. The summed E-state index contributed by atoms with van der Waals surface area (Å²) in [6.45, 7) is 0.365. The first-order chi connectivity index (χ1) is 17.5. The molecule has 0 radical (unpaired) electrons. The maximum atomic E-state index is 13.3. The van der Waals surface area contributed by atoms with Crippen LogP contribution in [0.2, 0.25) is 0 Å². The van der Waals surface area contributed by atoms with Crippen molar-refractivity contribution >= 4 is 11.8 Å². The lowest BCUT2D eigenvalue weighted by Crippen LogP contribution is -2.54. The molecule has 13 heteroatoms. The molecule has 3 heterocycles. The van der Waals surface area contributed by atoms with Gasteiger partial charge in [-0.2, -0.15) is 23.5 Å². The van der Waals surface area contributed by atoms with E-state index in [4.69, 9.17) is 5.26 Å². The molecule has 0 aromatic carbocycles. The van der Waals surface area contributed by atoms with Gasteiger partial charge in [-0.25, -0.2) is 9.97 Å². The molecule has 10 nitrogen and oxygen atoms in total. The fourth-order valence-electron chi connectivity index (χ4n) is 5.46. The van der Waals surface area contributed by atoms with E-state index in [1.165, 1.54) is 12.4 Å². The number of alkyl halides is 3. The minimum atomic E-state index is -4.68. The van der Waals surface area contributed by atoms with Crippen molar-refractivity contribution in [1.82, 2.24) is 30.4 Å². The van der Waals surface area contributed by atoms with E-state index in [0.29, 0.717) is 30.8 Å². The Kier molecular flexibility index (Phi) is 6.18. The molecule has 1 atom stereocenters. The van der Waals surface area contributed by atoms with E-state index in [0.717, 1.165) is 12.8 Å². The van der Waals surface area contributed by atoms with Gasteiger partial charge < -0.3 is 15.3 Å². The van der Waals surface area contributed by atoms with Gasteiger partial charge in [-0.05, 0) is 57.4 Å². The number of halogens is 3. The molecule has 0 unspecified atom stereocenters. The Morgan fingerprint density at radius 1 is 1.16 bits per heavy atom. The molecule has 2 aromatic heterocycles. The molecule has 0 bridgehead atoms. The summed E-state index contributed by atoms with van der Waals surface area (Å²) in [6, 6.07) is 4.60. The molecule has 2 aromatic rings. The number of carbonyl (C=O) groups excluding carboxylic acids is 2. The van der Waals surface area contributed by atoms with Gasteiger partial charge >= 0.3 is 6.18 Å². The highest BCUT2D eigenvalue weighted by molar-refractivity contribution is 5.94. The number of nitriles is 1. The van der Waals surface area contributed by atoms with Gasteiger partial charge in [0.1, 0.15) is 18.1 Å². The summed E-state index contributed by atoms with van der Waals surface area (Å²) in [5.41, 5.74) is -1.80. The predicted molar refractivity (Wildman–Crippen MR) is 121 cm³/mol. The summed E-state index contributed by atoms with van der Waals surface area (Å²) in [4.78, 5) is 36.0. The fraction of sp³-hybridized carbons (Fsp3) is 0.583. The van der Waals surface area contributed by atoms with Crippen LogP contribution in [0.1, 0.15) is 67.5 Å². The number of rotatable bonds is 4. The summed E-state index contributed by atoms with van der Waals surface area (Å²) in [7, 11) is 0. The van der Waals surface area contributed by atoms with E-state index < -0.39 is 36.2 Å². The second kappa shape index (κ2) is 9.09. The lowest BCUT2D eigenvalue weighted by atomic mass is 9.81. The number of hydrogen-bond donors (Lipinski definition) is 3. The van der Waals surface area contributed by atoms with Gasteiger partial charge in [-0.3, -0.25) is 14.7 Å². The van der Waals surface area contributed by atoms with Gasteiger partial charge in [-0.1, -0.05) is 0 Å². The first-order valence-electron chi connectivity index (χ1n) is 12.2. The van der Waals surface area contributed by atoms with E-state index in [1.807, 2.05) is 6.07 Å². The lowest BCUT2D eigenvalue weighted by molar-refractivity contribution is -0.270. The summed E-state index contributed by atoms with van der Waals surface area (Å²) >= 11 is 0. The van der Waals surface area contributed by atoms with Gasteiger partial charge in [0.15, 0.2) is 11.3 Å². The number of H-pyrrole nitrogens is 1. The number of carbonyl (C=O) groups is 2. The van der Waals surface area contributed by atoms with Gasteiger partial charge in [0.05, 0.1) is 11.4 Å². The third kappa shape index (κ3) is 4.77. The topological polar surface area (TPSA) is 148 Å². The number of likely N-dealkylation sites (tertiary alicyclic amines) is 1. The normalized spacial score (nSPS) is 26.9. The number of aliphatic hydroxyl groups is 1. The molecule has 37 heavy (non-hydrogen) atoms. The number of hydrogen-bond acceptors (Lipinski definition) is 7. The summed E-state index contributed by atoms with van der Waals surface area (Å²) < 4.78 is 39.1. The first kappa shape index (κ1) is 25.1. The summed E-state index contributed by atoms with van der Waals surface area (Å²) in [5.74, 6) is -0.804. The molecule has 2 saturated carbocycles. The third-order valence-corrected chi connectivity index (χ3v) is 7.88. The highest BCUT2D eigenvalue weighted by Crippen LogP contribution is 2.50. The van der Waals surface area contributed by atoms with E-state index in [9.17, 15) is 27.9 Å². The molecule has 3 aliphatic rings. The number of nitrogens with zero attached hydrogens (tertiary/aromatic N) is 5. The zero-order chi connectivity index (χ0) is 26.4. The fourth-order valence-corrected chi connectivity index (χ4v) is 5.46. The molecular formula is C24H26F3N7O3. The van der Waals surface area contributed by atoms with Crippen LogP contribution in [0.15, 0.2) is 18.5 Å². The van der Waals surface area contributed by atoms with Crippen molar-refractivity contribution in [2.45, 2.75) is 74.7 Å². The Morgan fingerprint density at radius 3 is 2.54 bits per heavy atom. The van der Waals surface area contributed by atoms with Crippen molar-refractivity contribution in [2.24, 2.45) is 5.92 Å². The summed E-state index contributed by atoms with van der Waals surface area (Å²) in [6.07, 6.45) is -1.71.